The molecule has 12 rings (SSSR count). The van der Waals surface area contributed by atoms with Crippen LogP contribution < -0.4 is 10.4 Å². The lowest BCUT2D eigenvalue weighted by atomic mass is 9.81. The Morgan fingerprint density at radius 2 is 0.485 bits per heavy atom. The number of hydrogen-bond donors (Lipinski definition) is 0. The number of benzene rings is 12. The normalized spacial score (nSPS) is 12.3. The molecule has 0 aliphatic carbocycles. The Morgan fingerprint density at radius 3 is 0.794 bits per heavy atom. The first-order valence-corrected chi connectivity index (χ1v) is 31.2. The van der Waals surface area contributed by atoms with Crippen molar-refractivity contribution in [1.29, 1.82) is 0 Å². The lowest BCUT2D eigenvalue weighted by Gasteiger charge is -2.22. The van der Waals surface area contributed by atoms with E-state index in [1.165, 1.54) is 131 Å². The van der Waals surface area contributed by atoms with Crippen LogP contribution in [0.1, 0.15) is 0 Å². The van der Waals surface area contributed by atoms with Crippen LogP contribution >= 0.6 is 0 Å². The van der Waals surface area contributed by atoms with Crippen LogP contribution in [-0.4, -0.2) is 16.1 Å². The van der Waals surface area contributed by atoms with E-state index in [-0.39, 0.29) is 0 Å². The minimum absolute atomic E-state index is 1.22. The summed E-state index contributed by atoms with van der Waals surface area (Å²) in [6.07, 6.45) is 0. The number of hydrogen-bond acceptors (Lipinski definition) is 0. The van der Waals surface area contributed by atoms with Gasteiger partial charge in [-0.2, -0.15) is 0 Å². The third kappa shape index (κ3) is 7.19. The molecule has 12 aromatic carbocycles. The van der Waals surface area contributed by atoms with Gasteiger partial charge in [-0.05, 0) is 133 Å². The van der Waals surface area contributed by atoms with Crippen molar-refractivity contribution >= 4 is 80.4 Å². The summed E-state index contributed by atoms with van der Waals surface area (Å²) in [6.45, 7) is 14.6. The first-order chi connectivity index (χ1) is 33.0. The molecule has 2 heteroatoms. The quantitative estimate of drug-likeness (QED) is 0.105. The molecule has 0 unspecified atom stereocenters. The highest BCUT2D eigenvalue weighted by atomic mass is 28.3. The zero-order valence-electron chi connectivity index (χ0n) is 39.8. The van der Waals surface area contributed by atoms with Crippen molar-refractivity contribution in [2.75, 3.05) is 0 Å². The van der Waals surface area contributed by atoms with E-state index in [9.17, 15) is 0 Å². The highest BCUT2D eigenvalue weighted by Crippen LogP contribution is 2.49. The Bertz CT molecular complexity index is 3600. The van der Waals surface area contributed by atoms with E-state index in [0.717, 1.165) is 0 Å². The molecule has 0 bridgehead atoms. The van der Waals surface area contributed by atoms with Crippen LogP contribution in [0.15, 0.2) is 218 Å². The van der Waals surface area contributed by atoms with Gasteiger partial charge in [-0.15, -0.1) is 0 Å². The predicted molar refractivity (Wildman–Crippen MR) is 304 cm³/mol. The van der Waals surface area contributed by atoms with Gasteiger partial charge in [0, 0.05) is 0 Å². The molecule has 0 N–H and O–H groups in total. The maximum atomic E-state index is 2.47. The third-order valence-electron chi connectivity index (χ3n) is 14.6. The van der Waals surface area contributed by atoms with Crippen molar-refractivity contribution in [2.24, 2.45) is 0 Å². The molecule has 68 heavy (non-hydrogen) atoms. The van der Waals surface area contributed by atoms with Gasteiger partial charge in [-0.3, -0.25) is 0 Å². The molecule has 0 aliphatic rings. The summed E-state index contributed by atoms with van der Waals surface area (Å²) in [4.78, 5) is 0. The summed E-state index contributed by atoms with van der Waals surface area (Å²) in [5.41, 5.74) is 15.0. The molecule has 0 nitrogen and oxygen atoms in total. The highest BCUT2D eigenvalue weighted by molar-refractivity contribution is 6.89. The Morgan fingerprint density at radius 1 is 0.221 bits per heavy atom. The van der Waals surface area contributed by atoms with E-state index in [1.54, 1.807) is 0 Å². The maximum Gasteiger partial charge on any atom is 0.0775 e. The van der Waals surface area contributed by atoms with Gasteiger partial charge < -0.3 is 0 Å². The second-order valence-electron chi connectivity index (χ2n) is 20.9. The van der Waals surface area contributed by atoms with Crippen LogP contribution in [0.4, 0.5) is 0 Å². The molecule has 0 atom stereocenters. The Labute approximate surface area is 402 Å². The predicted octanol–water partition coefficient (Wildman–Crippen LogP) is 18.0. The Hall–Kier alpha value is -7.37. The molecule has 0 spiro atoms. The van der Waals surface area contributed by atoms with E-state index in [1.807, 2.05) is 0 Å². The fourth-order valence-corrected chi connectivity index (χ4v) is 13.2. The molecular formula is C66H54Si2. The summed E-state index contributed by atoms with van der Waals surface area (Å²) >= 11 is 0. The van der Waals surface area contributed by atoms with Gasteiger partial charge >= 0.3 is 0 Å². The Balaban J connectivity index is 1.11. The molecule has 326 valence electrons. The summed E-state index contributed by atoms with van der Waals surface area (Å²) in [6, 6.07) is 83.0. The van der Waals surface area contributed by atoms with Crippen molar-refractivity contribution in [3.8, 4) is 66.8 Å². The van der Waals surface area contributed by atoms with Gasteiger partial charge in [0.15, 0.2) is 0 Å². The van der Waals surface area contributed by atoms with Gasteiger partial charge in [0.25, 0.3) is 0 Å². The topological polar surface area (TPSA) is 0 Å². The zero-order valence-corrected chi connectivity index (χ0v) is 41.8. The molecule has 0 heterocycles. The van der Waals surface area contributed by atoms with Gasteiger partial charge in [-0.1, -0.05) is 256 Å². The molecule has 0 aromatic heterocycles. The average Bonchev–Trinajstić information content (AvgIpc) is 3.37. The average molecular weight is 903 g/mol. The van der Waals surface area contributed by atoms with Crippen LogP contribution in [0.3, 0.4) is 0 Å². The van der Waals surface area contributed by atoms with Gasteiger partial charge in [-0.25, -0.2) is 0 Å². The molecule has 0 aliphatic heterocycles. The molecule has 12 aromatic rings. The van der Waals surface area contributed by atoms with E-state index >= 15 is 0 Å². The van der Waals surface area contributed by atoms with Crippen LogP contribution in [0.2, 0.25) is 39.3 Å². The van der Waals surface area contributed by atoms with E-state index in [2.05, 4.69) is 258 Å². The number of fused-ring (bicyclic) bond motifs is 2. The smallest absolute Gasteiger partial charge is 0.0656 e. The fraction of sp³-hybridized carbons (Fsp3) is 0.0909. The third-order valence-corrected chi connectivity index (χ3v) is 18.7. The van der Waals surface area contributed by atoms with Gasteiger partial charge in [0.2, 0.25) is 0 Å². The van der Waals surface area contributed by atoms with E-state index in [0.29, 0.717) is 0 Å². The van der Waals surface area contributed by atoms with Crippen molar-refractivity contribution in [1.82, 2.24) is 0 Å². The molecule has 0 saturated carbocycles. The molecule has 0 fully saturated rings. The van der Waals surface area contributed by atoms with E-state index < -0.39 is 16.1 Å². The summed E-state index contributed by atoms with van der Waals surface area (Å²) < 4.78 is 0. The van der Waals surface area contributed by atoms with Crippen molar-refractivity contribution in [2.45, 2.75) is 39.3 Å². The van der Waals surface area contributed by atoms with Crippen molar-refractivity contribution in [3.05, 3.63) is 218 Å². The van der Waals surface area contributed by atoms with Crippen LogP contribution in [0, 0.1) is 0 Å². The zero-order chi connectivity index (χ0) is 46.3. The SMILES string of the molecule is C[Si](C)(C)c1ccc(-c2cc(-c3ccc(-c4cccc5ccccc45)cc3)c3ccc4c(-c5ccc([Si](C)(C)C)cc5)cc(-c5ccc(-c6cccc7ccccc67)cc5)c5ccc2c3c54)cc1. The monoisotopic (exact) mass is 902 g/mol. The molecular weight excluding hydrogens is 849 g/mol. The summed E-state index contributed by atoms with van der Waals surface area (Å²) in [5, 5.41) is 15.8. The maximum absolute atomic E-state index is 2.47. The minimum atomic E-state index is -1.50. The number of rotatable bonds is 8. The fourth-order valence-electron chi connectivity index (χ4n) is 10.9. The second kappa shape index (κ2) is 16.2. The van der Waals surface area contributed by atoms with Gasteiger partial charge in [0.1, 0.15) is 0 Å². The minimum Gasteiger partial charge on any atom is -0.0656 e. The van der Waals surface area contributed by atoms with Crippen molar-refractivity contribution in [3.63, 3.8) is 0 Å². The summed E-state index contributed by atoms with van der Waals surface area (Å²) in [7, 11) is -3.00. The molecule has 0 radical (unpaired) electrons. The summed E-state index contributed by atoms with van der Waals surface area (Å²) in [5.74, 6) is 0. The largest absolute Gasteiger partial charge is 0.0775 e. The standard InChI is InChI=1S/C66H54Si2/c1-67(2,3)51-33-29-49(30-34-51)63-41-61(47-25-21-45(22-26-47)55-19-11-15-43-13-7-9-17-53(43)55)57-38-40-60-64(50-31-35-52(36-32-50)68(4,5)6)42-62(58-37-39-59(63)65(57)66(58)60)48-27-23-46(24-28-48)56-20-12-16-44-14-8-10-18-54(44)56/h7-42H,1-6H3. The second-order valence-corrected chi connectivity index (χ2v) is 31.0. The van der Waals surface area contributed by atoms with Gasteiger partial charge in [0.05, 0.1) is 16.1 Å². The first kappa shape index (κ1) is 42.0. The highest BCUT2D eigenvalue weighted by Gasteiger charge is 2.23. The van der Waals surface area contributed by atoms with E-state index in [4.69, 9.17) is 0 Å². The molecule has 0 saturated heterocycles. The van der Waals surface area contributed by atoms with Crippen LogP contribution in [0.5, 0.6) is 0 Å². The Kier molecular flexibility index (Phi) is 9.99. The molecule has 0 amide bonds. The van der Waals surface area contributed by atoms with Crippen LogP contribution in [-0.2, 0) is 0 Å². The lowest BCUT2D eigenvalue weighted by Crippen LogP contribution is -2.37. The van der Waals surface area contributed by atoms with Crippen molar-refractivity contribution < 1.29 is 0 Å². The first-order valence-electron chi connectivity index (χ1n) is 24.2. The van der Waals surface area contributed by atoms with Crippen LogP contribution in [0.25, 0.3) is 121 Å². The lowest BCUT2D eigenvalue weighted by molar-refractivity contribution is 1.61.